The molecule has 0 aliphatic carbocycles. The number of nitrogens with zero attached hydrogens (tertiary/aromatic N) is 2. The second-order valence-corrected chi connectivity index (χ2v) is 6.52. The summed E-state index contributed by atoms with van der Waals surface area (Å²) in [6.45, 7) is 3.99. The van der Waals surface area contributed by atoms with Crippen LogP contribution in [0.3, 0.4) is 0 Å². The molecule has 136 valence electrons. The van der Waals surface area contributed by atoms with Crippen molar-refractivity contribution >= 4 is 17.4 Å². The quantitative estimate of drug-likeness (QED) is 0.838. The maximum absolute atomic E-state index is 13.7. The number of rotatable bonds is 5. The van der Waals surface area contributed by atoms with Crippen LogP contribution in [0.1, 0.15) is 20.7 Å². The van der Waals surface area contributed by atoms with Crippen LogP contribution in [0, 0.1) is 5.82 Å². The SMILES string of the molecule is CN1CCN(CC(=O)c2cccc(NC(=O)c3ccccc3F)c2)CC1. The van der Waals surface area contributed by atoms with Crippen LogP contribution in [0.2, 0.25) is 0 Å². The van der Waals surface area contributed by atoms with Crippen LogP contribution in [-0.4, -0.2) is 61.3 Å². The molecule has 0 bridgehead atoms. The van der Waals surface area contributed by atoms with E-state index in [1.54, 1.807) is 30.3 Å². The first-order chi connectivity index (χ1) is 12.5. The van der Waals surface area contributed by atoms with E-state index in [9.17, 15) is 14.0 Å². The number of likely N-dealkylation sites (N-methyl/N-ethyl adjacent to an activating group) is 1. The van der Waals surface area contributed by atoms with Gasteiger partial charge in [0.05, 0.1) is 12.1 Å². The number of hydrogen-bond acceptors (Lipinski definition) is 4. The molecular weight excluding hydrogens is 333 g/mol. The molecule has 1 aliphatic rings. The summed E-state index contributed by atoms with van der Waals surface area (Å²) < 4.78 is 13.7. The number of amides is 1. The molecule has 0 spiro atoms. The molecule has 0 saturated carbocycles. The summed E-state index contributed by atoms with van der Waals surface area (Å²) in [5, 5.41) is 2.65. The van der Waals surface area contributed by atoms with Crippen LogP contribution in [0.4, 0.5) is 10.1 Å². The molecule has 5 nitrogen and oxygen atoms in total. The first kappa shape index (κ1) is 18.2. The van der Waals surface area contributed by atoms with Gasteiger partial charge < -0.3 is 10.2 Å². The van der Waals surface area contributed by atoms with Gasteiger partial charge in [-0.15, -0.1) is 0 Å². The minimum absolute atomic E-state index is 0.0107. The van der Waals surface area contributed by atoms with Crippen LogP contribution in [-0.2, 0) is 0 Å². The largest absolute Gasteiger partial charge is 0.322 e. The number of benzene rings is 2. The Balaban J connectivity index is 1.65. The number of nitrogens with one attached hydrogen (secondary N) is 1. The zero-order chi connectivity index (χ0) is 18.5. The van der Waals surface area contributed by atoms with E-state index in [4.69, 9.17) is 0 Å². The van der Waals surface area contributed by atoms with Crippen LogP contribution in [0.15, 0.2) is 48.5 Å². The molecule has 0 atom stereocenters. The minimum atomic E-state index is -0.577. The van der Waals surface area contributed by atoms with Crippen LogP contribution < -0.4 is 5.32 Å². The lowest BCUT2D eigenvalue weighted by atomic mass is 10.1. The number of halogens is 1. The van der Waals surface area contributed by atoms with Crippen molar-refractivity contribution in [3.05, 3.63) is 65.5 Å². The van der Waals surface area contributed by atoms with Crippen molar-refractivity contribution in [2.75, 3.05) is 45.1 Å². The van der Waals surface area contributed by atoms with Crippen molar-refractivity contribution in [2.45, 2.75) is 0 Å². The van der Waals surface area contributed by atoms with Gasteiger partial charge in [0.1, 0.15) is 5.82 Å². The lowest BCUT2D eigenvalue weighted by Gasteiger charge is -2.31. The summed E-state index contributed by atoms with van der Waals surface area (Å²) in [5.74, 6) is -1.10. The number of Topliss-reactive ketones (excluding diaryl/α,β-unsaturated/α-hetero) is 1. The molecule has 1 N–H and O–H groups in total. The van der Waals surface area contributed by atoms with E-state index in [2.05, 4.69) is 22.2 Å². The standard InChI is InChI=1S/C20H22FN3O2/c1-23-9-11-24(12-10-23)14-19(25)15-5-4-6-16(13-15)22-20(26)17-7-2-3-8-18(17)21/h2-8,13H,9-12,14H2,1H3,(H,22,26). The first-order valence-electron chi connectivity index (χ1n) is 8.63. The highest BCUT2D eigenvalue weighted by molar-refractivity contribution is 6.05. The number of carbonyl (C=O) groups excluding carboxylic acids is 2. The van der Waals surface area contributed by atoms with Gasteiger partial charge in [0, 0.05) is 37.4 Å². The van der Waals surface area contributed by atoms with Crippen molar-refractivity contribution in [2.24, 2.45) is 0 Å². The predicted molar refractivity (Wildman–Crippen MR) is 99.1 cm³/mol. The third-order valence-corrected chi connectivity index (χ3v) is 4.52. The van der Waals surface area contributed by atoms with Crippen molar-refractivity contribution in [3.8, 4) is 0 Å². The third kappa shape index (κ3) is 4.53. The van der Waals surface area contributed by atoms with Gasteiger partial charge in [0.15, 0.2) is 5.78 Å². The summed E-state index contributed by atoms with van der Waals surface area (Å²) >= 11 is 0. The smallest absolute Gasteiger partial charge is 0.258 e. The summed E-state index contributed by atoms with van der Waals surface area (Å²) in [5.41, 5.74) is 0.986. The van der Waals surface area contributed by atoms with Crippen LogP contribution in [0.5, 0.6) is 0 Å². The molecule has 1 amide bonds. The Hall–Kier alpha value is -2.57. The highest BCUT2D eigenvalue weighted by Crippen LogP contribution is 2.15. The summed E-state index contributed by atoms with van der Waals surface area (Å²) in [4.78, 5) is 29.1. The lowest BCUT2D eigenvalue weighted by molar-refractivity contribution is 0.0876. The molecule has 6 heteroatoms. The fourth-order valence-corrected chi connectivity index (χ4v) is 2.91. The predicted octanol–water partition coefficient (Wildman–Crippen LogP) is 2.51. The van der Waals surface area contributed by atoms with E-state index in [0.29, 0.717) is 17.8 Å². The fraction of sp³-hybridized carbons (Fsp3) is 0.300. The zero-order valence-corrected chi connectivity index (χ0v) is 14.7. The molecule has 1 fully saturated rings. The highest BCUT2D eigenvalue weighted by Gasteiger charge is 2.18. The van der Waals surface area contributed by atoms with Crippen molar-refractivity contribution in [1.82, 2.24) is 9.80 Å². The lowest BCUT2D eigenvalue weighted by Crippen LogP contribution is -2.46. The first-order valence-corrected chi connectivity index (χ1v) is 8.63. The molecule has 3 rings (SSSR count). The Labute approximate surface area is 152 Å². The molecular formula is C20H22FN3O2. The summed E-state index contributed by atoms with van der Waals surface area (Å²) in [6, 6.07) is 12.6. The normalized spacial score (nSPS) is 15.6. The van der Waals surface area contributed by atoms with Gasteiger partial charge in [-0.3, -0.25) is 14.5 Å². The van der Waals surface area contributed by atoms with Crippen LogP contribution >= 0.6 is 0 Å². The van der Waals surface area contributed by atoms with Gasteiger partial charge in [-0.2, -0.15) is 0 Å². The third-order valence-electron chi connectivity index (χ3n) is 4.52. The van der Waals surface area contributed by atoms with E-state index in [1.807, 2.05) is 0 Å². The Kier molecular flexibility index (Phi) is 5.75. The molecule has 2 aromatic rings. The second-order valence-electron chi connectivity index (χ2n) is 6.52. The van der Waals surface area contributed by atoms with Crippen molar-refractivity contribution in [1.29, 1.82) is 0 Å². The van der Waals surface area contributed by atoms with Crippen molar-refractivity contribution in [3.63, 3.8) is 0 Å². The van der Waals surface area contributed by atoms with Gasteiger partial charge in [-0.05, 0) is 31.3 Å². The van der Waals surface area contributed by atoms with Crippen molar-refractivity contribution < 1.29 is 14.0 Å². The van der Waals surface area contributed by atoms with Gasteiger partial charge in [-0.1, -0.05) is 24.3 Å². The monoisotopic (exact) mass is 355 g/mol. The molecule has 0 unspecified atom stereocenters. The molecule has 0 aromatic heterocycles. The summed E-state index contributed by atoms with van der Waals surface area (Å²) in [6.07, 6.45) is 0. The van der Waals surface area contributed by atoms with Gasteiger partial charge in [0.2, 0.25) is 0 Å². The molecule has 1 saturated heterocycles. The zero-order valence-electron chi connectivity index (χ0n) is 14.7. The van der Waals surface area contributed by atoms with E-state index >= 15 is 0 Å². The average Bonchev–Trinajstić information content (AvgIpc) is 2.64. The number of carbonyl (C=O) groups is 2. The Morgan fingerprint density at radius 1 is 1.04 bits per heavy atom. The van der Waals surface area contributed by atoms with Crippen LogP contribution in [0.25, 0.3) is 0 Å². The summed E-state index contributed by atoms with van der Waals surface area (Å²) in [7, 11) is 2.07. The molecule has 2 aromatic carbocycles. The van der Waals surface area contributed by atoms with E-state index < -0.39 is 11.7 Å². The van der Waals surface area contributed by atoms with Gasteiger partial charge >= 0.3 is 0 Å². The number of hydrogen-bond donors (Lipinski definition) is 1. The van der Waals surface area contributed by atoms with Gasteiger partial charge in [0.25, 0.3) is 5.91 Å². The second kappa shape index (κ2) is 8.21. The average molecular weight is 355 g/mol. The molecule has 0 radical (unpaired) electrons. The Morgan fingerprint density at radius 2 is 1.77 bits per heavy atom. The Morgan fingerprint density at radius 3 is 2.50 bits per heavy atom. The fourth-order valence-electron chi connectivity index (χ4n) is 2.91. The Bertz CT molecular complexity index is 801. The number of anilines is 1. The van der Waals surface area contributed by atoms with E-state index in [-0.39, 0.29) is 11.3 Å². The molecule has 1 heterocycles. The number of piperazine rings is 1. The maximum Gasteiger partial charge on any atom is 0.258 e. The topological polar surface area (TPSA) is 52.6 Å². The minimum Gasteiger partial charge on any atom is -0.322 e. The molecule has 26 heavy (non-hydrogen) atoms. The number of ketones is 1. The van der Waals surface area contributed by atoms with E-state index in [0.717, 1.165) is 26.2 Å². The highest BCUT2D eigenvalue weighted by atomic mass is 19.1. The van der Waals surface area contributed by atoms with E-state index in [1.165, 1.54) is 18.2 Å². The van der Waals surface area contributed by atoms with Gasteiger partial charge in [-0.25, -0.2) is 4.39 Å². The molecule has 1 aliphatic heterocycles. The maximum atomic E-state index is 13.7.